The Morgan fingerprint density at radius 1 is 1.13 bits per heavy atom. The summed E-state index contributed by atoms with van der Waals surface area (Å²) in [4.78, 5) is 0. The molecule has 0 N–H and O–H groups in total. The van der Waals surface area contributed by atoms with Crippen molar-refractivity contribution < 1.29 is 0 Å². The van der Waals surface area contributed by atoms with Crippen LogP contribution in [0.1, 0.15) is 53.0 Å². The number of rotatable bonds is 1. The van der Waals surface area contributed by atoms with E-state index < -0.39 is 5.41 Å². The van der Waals surface area contributed by atoms with E-state index in [-0.39, 0.29) is 11.8 Å². The molecule has 2 aliphatic carbocycles. The maximum atomic E-state index is 10.1. The Labute approximate surface area is 137 Å². The molecular formula is C21H18N2. The fourth-order valence-corrected chi connectivity index (χ4v) is 4.65. The second-order valence-electron chi connectivity index (χ2n) is 6.72. The van der Waals surface area contributed by atoms with E-state index in [1.165, 1.54) is 16.7 Å². The molecule has 2 aliphatic rings. The van der Waals surface area contributed by atoms with E-state index in [9.17, 15) is 10.5 Å². The summed E-state index contributed by atoms with van der Waals surface area (Å²) in [5.74, 6) is -0.0196. The van der Waals surface area contributed by atoms with Gasteiger partial charge in [-0.2, -0.15) is 10.5 Å². The van der Waals surface area contributed by atoms with Gasteiger partial charge in [-0.15, -0.1) is 0 Å². The second-order valence-corrected chi connectivity index (χ2v) is 6.72. The van der Waals surface area contributed by atoms with Crippen LogP contribution in [0.4, 0.5) is 0 Å². The fraction of sp³-hybridized carbons (Fsp3) is 0.333. The van der Waals surface area contributed by atoms with Crippen molar-refractivity contribution in [3.63, 3.8) is 0 Å². The van der Waals surface area contributed by atoms with Crippen molar-refractivity contribution in [3.8, 4) is 12.1 Å². The standard InChI is InChI=1S/C21H18N2/c1-2-14-7-5-9-19-20(14)18(12-22)17-11-21(19,13-23)10-15-6-3-4-8-16(15)17/h3-9,17-18H,2,10-11H2,1H3/t17-,18+,21+/m1/s1. The molecule has 0 aromatic heterocycles. The smallest absolute Gasteiger partial charge is 0.0872 e. The van der Waals surface area contributed by atoms with Crippen LogP contribution in [0.2, 0.25) is 0 Å². The van der Waals surface area contributed by atoms with Gasteiger partial charge in [0, 0.05) is 5.92 Å². The van der Waals surface area contributed by atoms with Gasteiger partial charge in [0.1, 0.15) is 0 Å². The predicted octanol–water partition coefficient (Wildman–Crippen LogP) is 4.36. The molecule has 0 aliphatic heterocycles. The monoisotopic (exact) mass is 298 g/mol. The molecule has 0 unspecified atom stereocenters. The Morgan fingerprint density at radius 3 is 2.70 bits per heavy atom. The van der Waals surface area contributed by atoms with Crippen molar-refractivity contribution in [2.24, 2.45) is 0 Å². The highest BCUT2D eigenvalue weighted by Crippen LogP contribution is 2.56. The topological polar surface area (TPSA) is 47.6 Å². The summed E-state index contributed by atoms with van der Waals surface area (Å²) in [6.07, 6.45) is 2.42. The maximum Gasteiger partial charge on any atom is 0.0872 e. The summed E-state index contributed by atoms with van der Waals surface area (Å²) >= 11 is 0. The van der Waals surface area contributed by atoms with Crippen LogP contribution >= 0.6 is 0 Å². The van der Waals surface area contributed by atoms with Crippen molar-refractivity contribution in [1.29, 1.82) is 10.5 Å². The van der Waals surface area contributed by atoms with Crippen LogP contribution in [0.5, 0.6) is 0 Å². The first-order chi connectivity index (χ1) is 11.2. The van der Waals surface area contributed by atoms with Crippen LogP contribution < -0.4 is 0 Å². The third-order valence-corrected chi connectivity index (χ3v) is 5.67. The molecule has 2 heteroatoms. The van der Waals surface area contributed by atoms with E-state index in [2.05, 4.69) is 43.3 Å². The Bertz CT molecular complexity index is 868. The van der Waals surface area contributed by atoms with Gasteiger partial charge in [-0.05, 0) is 47.1 Å². The highest BCUT2D eigenvalue weighted by atomic mass is 14.5. The quantitative estimate of drug-likeness (QED) is 0.785. The van der Waals surface area contributed by atoms with Crippen LogP contribution in [0, 0.1) is 22.7 Å². The largest absolute Gasteiger partial charge is 0.198 e. The molecule has 0 fully saturated rings. The lowest BCUT2D eigenvalue weighted by molar-refractivity contribution is 0.362. The predicted molar refractivity (Wildman–Crippen MR) is 89.0 cm³/mol. The molecule has 2 aromatic carbocycles. The molecule has 0 saturated heterocycles. The molecule has 112 valence electrons. The zero-order valence-electron chi connectivity index (χ0n) is 13.2. The van der Waals surface area contributed by atoms with Gasteiger partial charge in [0.15, 0.2) is 0 Å². The zero-order chi connectivity index (χ0) is 16.0. The highest BCUT2D eigenvalue weighted by Gasteiger charge is 2.50. The fourth-order valence-electron chi connectivity index (χ4n) is 4.65. The summed E-state index contributed by atoms with van der Waals surface area (Å²) in [7, 11) is 0. The van der Waals surface area contributed by atoms with Gasteiger partial charge in [-0.25, -0.2) is 0 Å². The van der Waals surface area contributed by atoms with E-state index in [0.29, 0.717) is 0 Å². The van der Waals surface area contributed by atoms with E-state index >= 15 is 0 Å². The number of fused-ring (bicyclic) bond motifs is 6. The van der Waals surface area contributed by atoms with Gasteiger partial charge in [0.2, 0.25) is 0 Å². The lowest BCUT2D eigenvalue weighted by atomic mass is 9.55. The van der Waals surface area contributed by atoms with Gasteiger partial charge in [0.05, 0.1) is 23.5 Å². The van der Waals surface area contributed by atoms with Crippen molar-refractivity contribution >= 4 is 0 Å². The Hall–Kier alpha value is -2.58. The van der Waals surface area contributed by atoms with Crippen molar-refractivity contribution in [1.82, 2.24) is 0 Å². The van der Waals surface area contributed by atoms with E-state index in [1.54, 1.807) is 0 Å². The molecule has 0 saturated carbocycles. The molecule has 23 heavy (non-hydrogen) atoms. The van der Waals surface area contributed by atoms with E-state index in [0.717, 1.165) is 30.4 Å². The second kappa shape index (κ2) is 4.97. The number of aryl methyl sites for hydroxylation is 1. The molecule has 2 nitrogen and oxygen atoms in total. The van der Waals surface area contributed by atoms with Crippen molar-refractivity contribution in [2.75, 3.05) is 0 Å². The molecule has 0 spiro atoms. The van der Waals surface area contributed by atoms with Gasteiger partial charge < -0.3 is 0 Å². The van der Waals surface area contributed by atoms with Gasteiger partial charge in [-0.3, -0.25) is 0 Å². The minimum absolute atomic E-state index is 0.129. The van der Waals surface area contributed by atoms with Gasteiger partial charge in [0.25, 0.3) is 0 Å². The highest BCUT2D eigenvalue weighted by molar-refractivity contribution is 5.57. The third kappa shape index (κ3) is 1.79. The maximum absolute atomic E-state index is 10.1. The van der Waals surface area contributed by atoms with Gasteiger partial charge in [-0.1, -0.05) is 49.4 Å². The average molecular weight is 298 g/mol. The molecule has 0 heterocycles. The normalized spacial score (nSPS) is 27.3. The first-order valence-electron chi connectivity index (χ1n) is 8.25. The van der Waals surface area contributed by atoms with Crippen molar-refractivity contribution in [3.05, 3.63) is 70.3 Å². The van der Waals surface area contributed by atoms with Crippen LogP contribution in [-0.2, 0) is 18.3 Å². The van der Waals surface area contributed by atoms with Crippen LogP contribution in [0.15, 0.2) is 42.5 Å². The summed E-state index contributed by atoms with van der Waals surface area (Å²) in [6.45, 7) is 2.13. The number of hydrogen-bond acceptors (Lipinski definition) is 2. The summed E-state index contributed by atoms with van der Waals surface area (Å²) in [5, 5.41) is 20.0. The van der Waals surface area contributed by atoms with Crippen LogP contribution in [0.3, 0.4) is 0 Å². The third-order valence-electron chi connectivity index (χ3n) is 5.67. The number of nitrogens with zero attached hydrogens (tertiary/aromatic N) is 2. The Balaban J connectivity index is 2.05. The van der Waals surface area contributed by atoms with E-state index in [4.69, 9.17) is 0 Å². The summed E-state index contributed by atoms with van der Waals surface area (Å²) in [6, 6.07) is 19.8. The minimum atomic E-state index is -0.479. The molecular weight excluding hydrogens is 280 g/mol. The number of benzene rings is 2. The minimum Gasteiger partial charge on any atom is -0.198 e. The molecule has 0 amide bonds. The Kier molecular flexibility index (Phi) is 3.03. The van der Waals surface area contributed by atoms with Gasteiger partial charge >= 0.3 is 0 Å². The number of nitriles is 2. The first-order valence-corrected chi connectivity index (χ1v) is 8.25. The molecule has 3 atom stereocenters. The molecule has 4 rings (SSSR count). The molecule has 2 bridgehead atoms. The van der Waals surface area contributed by atoms with Crippen LogP contribution in [-0.4, -0.2) is 0 Å². The first kappa shape index (κ1) is 14.0. The summed E-state index contributed by atoms with van der Waals surface area (Å²) < 4.78 is 0. The lowest BCUT2D eigenvalue weighted by Gasteiger charge is -2.46. The Morgan fingerprint density at radius 2 is 1.96 bits per heavy atom. The van der Waals surface area contributed by atoms with Crippen LogP contribution in [0.25, 0.3) is 0 Å². The lowest BCUT2D eigenvalue weighted by Crippen LogP contribution is -2.41. The average Bonchev–Trinajstić information content (AvgIpc) is 2.61. The van der Waals surface area contributed by atoms with Crippen molar-refractivity contribution in [2.45, 2.75) is 43.4 Å². The molecule has 0 radical (unpaired) electrons. The summed E-state index contributed by atoms with van der Waals surface area (Å²) in [5.41, 5.74) is 5.46. The molecule has 2 aromatic rings. The van der Waals surface area contributed by atoms with E-state index in [1.807, 2.05) is 18.2 Å². The number of hydrogen-bond donors (Lipinski definition) is 0. The zero-order valence-corrected chi connectivity index (χ0v) is 13.2. The SMILES string of the molecule is CCc1cccc2c1[C@@H](C#N)[C@@H]1C[C@]2(C#N)Cc2ccccc21.